The molecule has 2 atom stereocenters. The Bertz CT molecular complexity index is 366. The van der Waals surface area contributed by atoms with E-state index in [1.165, 1.54) is 4.90 Å². The molecule has 5 nitrogen and oxygen atoms in total. The number of hydrogen-bond acceptors (Lipinski definition) is 3. The highest BCUT2D eigenvalue weighted by Gasteiger charge is 2.31. The average molecular weight is 337 g/mol. The van der Waals surface area contributed by atoms with E-state index in [1.54, 1.807) is 0 Å². The van der Waals surface area contributed by atoms with E-state index in [-0.39, 0.29) is 12.2 Å². The Kier molecular flexibility index (Phi) is 7.49. The minimum atomic E-state index is -1.02. The Hall–Kier alpha value is -0.460. The summed E-state index contributed by atoms with van der Waals surface area (Å²) in [5, 5.41) is 12.4. The van der Waals surface area contributed by atoms with Crippen molar-refractivity contribution in [3.05, 3.63) is 0 Å². The molecule has 0 saturated carbocycles. The van der Waals surface area contributed by atoms with Crippen LogP contribution in [-0.4, -0.2) is 65.1 Å². The van der Waals surface area contributed by atoms with Crippen LogP contribution in [0.5, 0.6) is 0 Å². The Morgan fingerprint density at radius 2 is 2.14 bits per heavy atom. The summed E-state index contributed by atoms with van der Waals surface area (Å²) in [6.07, 6.45) is 4.61. The van der Waals surface area contributed by atoms with Crippen molar-refractivity contribution in [3.8, 4) is 0 Å². The number of amides is 1. The van der Waals surface area contributed by atoms with Crippen LogP contribution in [0, 0.1) is 0 Å². The molecule has 0 aromatic rings. The SMILES string of the molecule is CCS(C)(OCCCCC1CN(C(=O)O)CCN1)C(C)(C)C.[HH]. The first-order valence-corrected chi connectivity index (χ1v) is 10.4. The molecule has 1 aliphatic heterocycles. The van der Waals surface area contributed by atoms with Gasteiger partial charge in [0.05, 0.1) is 6.61 Å². The maximum absolute atomic E-state index is 11.0. The van der Waals surface area contributed by atoms with Crippen LogP contribution in [0.15, 0.2) is 0 Å². The van der Waals surface area contributed by atoms with E-state index in [2.05, 4.69) is 39.3 Å². The summed E-state index contributed by atoms with van der Waals surface area (Å²) in [6, 6.07) is 0.289. The third kappa shape index (κ3) is 5.63. The Morgan fingerprint density at radius 1 is 1.45 bits per heavy atom. The molecule has 1 saturated heterocycles. The molecule has 0 aliphatic carbocycles. The number of carboxylic acid groups (broad SMARTS) is 1. The van der Waals surface area contributed by atoms with Gasteiger partial charge in [-0.3, -0.25) is 0 Å². The zero-order valence-corrected chi connectivity index (χ0v) is 15.7. The van der Waals surface area contributed by atoms with Crippen LogP contribution in [0.4, 0.5) is 4.79 Å². The summed E-state index contributed by atoms with van der Waals surface area (Å²) in [5.74, 6) is 1.09. The highest BCUT2D eigenvalue weighted by molar-refractivity contribution is 8.30. The molecule has 6 heteroatoms. The summed E-state index contributed by atoms with van der Waals surface area (Å²) in [4.78, 5) is 12.5. The summed E-state index contributed by atoms with van der Waals surface area (Å²) in [5.41, 5.74) is 0. The second-order valence-corrected chi connectivity index (χ2v) is 11.2. The minimum absolute atomic E-state index is 0. The molecule has 1 heterocycles. The normalized spacial score (nSPS) is 23.9. The molecule has 0 radical (unpaired) electrons. The minimum Gasteiger partial charge on any atom is -0.465 e. The molecule has 0 aromatic heterocycles. The lowest BCUT2D eigenvalue weighted by molar-refractivity contribution is 0.127. The monoisotopic (exact) mass is 336 g/mol. The van der Waals surface area contributed by atoms with Gasteiger partial charge in [-0.1, -0.05) is 27.7 Å². The summed E-state index contributed by atoms with van der Waals surface area (Å²) in [7, 11) is -1.02. The van der Waals surface area contributed by atoms with Crippen molar-refractivity contribution in [2.45, 2.75) is 57.7 Å². The average Bonchev–Trinajstić information content (AvgIpc) is 2.45. The lowest BCUT2D eigenvalue weighted by atomic mass is 10.1. The van der Waals surface area contributed by atoms with Gasteiger partial charge < -0.3 is 19.5 Å². The number of carbonyl (C=O) groups is 1. The molecular weight excluding hydrogens is 300 g/mol. The van der Waals surface area contributed by atoms with Gasteiger partial charge in [-0.15, -0.1) is 10.3 Å². The Morgan fingerprint density at radius 3 is 2.68 bits per heavy atom. The molecule has 0 aromatic carbocycles. The van der Waals surface area contributed by atoms with Gasteiger partial charge in [0.25, 0.3) is 0 Å². The van der Waals surface area contributed by atoms with E-state index in [0.717, 1.165) is 38.2 Å². The zero-order chi connectivity index (χ0) is 16.8. The van der Waals surface area contributed by atoms with Crippen LogP contribution < -0.4 is 5.32 Å². The molecule has 0 bridgehead atoms. The number of rotatable bonds is 7. The Balaban J connectivity index is 0.00000484. The number of unbranched alkanes of at least 4 members (excludes halogenated alkanes) is 1. The van der Waals surface area contributed by atoms with E-state index < -0.39 is 16.4 Å². The van der Waals surface area contributed by atoms with Crippen molar-refractivity contribution in [2.24, 2.45) is 0 Å². The molecule has 2 N–H and O–H groups in total. The van der Waals surface area contributed by atoms with Gasteiger partial charge in [0.15, 0.2) is 0 Å². The van der Waals surface area contributed by atoms with Crippen LogP contribution in [0.25, 0.3) is 0 Å². The number of nitrogens with zero attached hydrogens (tertiary/aromatic N) is 1. The third-order valence-electron chi connectivity index (χ3n) is 4.66. The summed E-state index contributed by atoms with van der Waals surface area (Å²) in [6.45, 7) is 11.8. The molecule has 1 aliphatic rings. The van der Waals surface area contributed by atoms with Gasteiger partial charge in [0, 0.05) is 31.8 Å². The third-order valence-corrected chi connectivity index (χ3v) is 9.04. The highest BCUT2D eigenvalue weighted by Crippen LogP contribution is 2.56. The van der Waals surface area contributed by atoms with Gasteiger partial charge in [-0.2, -0.15) is 0 Å². The lowest BCUT2D eigenvalue weighted by Crippen LogP contribution is -2.52. The zero-order valence-electron chi connectivity index (χ0n) is 14.9. The van der Waals surface area contributed by atoms with E-state index in [1.807, 2.05) is 0 Å². The van der Waals surface area contributed by atoms with E-state index in [4.69, 9.17) is 9.29 Å². The fourth-order valence-electron chi connectivity index (χ4n) is 2.62. The van der Waals surface area contributed by atoms with E-state index >= 15 is 0 Å². The van der Waals surface area contributed by atoms with Gasteiger partial charge in [0.2, 0.25) is 0 Å². The van der Waals surface area contributed by atoms with E-state index in [0.29, 0.717) is 13.1 Å². The summed E-state index contributed by atoms with van der Waals surface area (Å²) >= 11 is 0. The molecule has 22 heavy (non-hydrogen) atoms. The van der Waals surface area contributed by atoms with Crippen LogP contribution in [0.2, 0.25) is 0 Å². The van der Waals surface area contributed by atoms with Crippen molar-refractivity contribution < 1.29 is 15.5 Å². The van der Waals surface area contributed by atoms with E-state index in [9.17, 15) is 4.79 Å². The second-order valence-electron chi connectivity index (χ2n) is 7.10. The van der Waals surface area contributed by atoms with Crippen molar-refractivity contribution >= 4 is 16.4 Å². The van der Waals surface area contributed by atoms with Crippen LogP contribution in [-0.2, 0) is 4.18 Å². The first kappa shape index (κ1) is 19.6. The number of piperazine rings is 1. The maximum Gasteiger partial charge on any atom is 0.407 e. The van der Waals surface area contributed by atoms with Gasteiger partial charge in [-0.25, -0.2) is 4.79 Å². The molecule has 2 unspecified atom stereocenters. The first-order chi connectivity index (χ1) is 10.2. The molecule has 1 fully saturated rings. The van der Waals surface area contributed by atoms with Crippen molar-refractivity contribution in [3.63, 3.8) is 0 Å². The predicted molar refractivity (Wildman–Crippen MR) is 97.1 cm³/mol. The molecule has 1 amide bonds. The number of hydrogen-bond donors (Lipinski definition) is 2. The quantitative estimate of drug-likeness (QED) is 0.698. The highest BCUT2D eigenvalue weighted by atomic mass is 32.3. The Labute approximate surface area is 138 Å². The van der Waals surface area contributed by atoms with Crippen molar-refractivity contribution in [1.82, 2.24) is 10.2 Å². The first-order valence-electron chi connectivity index (χ1n) is 8.31. The smallest absolute Gasteiger partial charge is 0.407 e. The standard InChI is InChI=1S/C16H34N2O3S.H2/c1-6-22(5,16(2,3)4)21-12-8-7-9-14-13-18(15(19)20)11-10-17-14;/h14,17H,6-13H2,1-5H3,(H,19,20);1H. The van der Waals surface area contributed by atoms with Gasteiger partial charge in [0.1, 0.15) is 0 Å². The van der Waals surface area contributed by atoms with Crippen LogP contribution >= 0.6 is 10.3 Å². The molecular formula is C16H36N2O3S. The van der Waals surface area contributed by atoms with Crippen LogP contribution in [0.3, 0.4) is 0 Å². The fourth-order valence-corrected chi connectivity index (χ4v) is 4.49. The fraction of sp³-hybridized carbons (Fsp3) is 0.938. The van der Waals surface area contributed by atoms with Crippen molar-refractivity contribution in [2.75, 3.05) is 38.2 Å². The molecule has 1 rings (SSSR count). The molecule has 134 valence electrons. The largest absolute Gasteiger partial charge is 0.465 e. The molecule has 0 spiro atoms. The van der Waals surface area contributed by atoms with Gasteiger partial charge in [-0.05, 0) is 31.3 Å². The maximum atomic E-state index is 11.0. The van der Waals surface area contributed by atoms with Crippen molar-refractivity contribution in [1.29, 1.82) is 0 Å². The second kappa shape index (κ2) is 8.41. The van der Waals surface area contributed by atoms with Crippen LogP contribution in [0.1, 0.15) is 48.4 Å². The topological polar surface area (TPSA) is 61.8 Å². The lowest BCUT2D eigenvalue weighted by Gasteiger charge is -2.46. The predicted octanol–water partition coefficient (Wildman–Crippen LogP) is 3.54. The van der Waals surface area contributed by atoms with Gasteiger partial charge >= 0.3 is 6.09 Å². The summed E-state index contributed by atoms with van der Waals surface area (Å²) < 4.78 is 6.47. The number of nitrogens with one attached hydrogen (secondary N) is 1.